The average molecular weight is 522 g/mol. The van der Waals surface area contributed by atoms with Crippen molar-refractivity contribution >= 4 is 17.9 Å². The number of aryl methyl sites for hydroxylation is 1. The monoisotopic (exact) mass is 521 g/mol. The number of piperidine rings is 1. The maximum absolute atomic E-state index is 12.8. The first-order valence-corrected chi connectivity index (χ1v) is 11.9. The number of fused-ring (bicyclic) bond motifs is 1. The summed E-state index contributed by atoms with van der Waals surface area (Å²) in [6.07, 6.45) is -5.56. The first-order valence-electron chi connectivity index (χ1n) is 11.9. The van der Waals surface area contributed by atoms with Gasteiger partial charge in [-0.1, -0.05) is 6.07 Å². The molecule has 1 saturated heterocycles. The van der Waals surface area contributed by atoms with E-state index in [1.54, 1.807) is 6.07 Å². The second-order valence-corrected chi connectivity index (χ2v) is 9.94. The highest BCUT2D eigenvalue weighted by molar-refractivity contribution is 5.87. The van der Waals surface area contributed by atoms with Crippen molar-refractivity contribution in [2.75, 3.05) is 13.6 Å². The van der Waals surface area contributed by atoms with E-state index in [-0.39, 0.29) is 29.7 Å². The van der Waals surface area contributed by atoms with E-state index < -0.39 is 53.3 Å². The van der Waals surface area contributed by atoms with Gasteiger partial charge in [-0.05, 0) is 58.5 Å². The fourth-order valence-corrected chi connectivity index (χ4v) is 5.73. The number of likely N-dealkylation sites (N-methyl/N-ethyl adjacent to an activating group) is 1. The number of carboxylic acid groups (broad SMARTS) is 1. The standard InChI is InChI=1S/C25H31NO11/c1-11-5-6-14(27)19-16(11)24-9-10-26(4)13(3)25(24,34)8-7-15(20(24)37-19)36-23(33)18(29)17(28)22(32)35-12(2)21(30)31/h5-7,12-13,17-18,20,27-29,34H,8-10H2,1-4H3,(H,30,31)/t12-,13+,17+,18+,20-,24-,25+/m0/s1. The molecule has 0 aromatic heterocycles. The second kappa shape index (κ2) is 9.28. The number of ether oxygens (including phenoxy) is 3. The molecule has 2 heterocycles. The van der Waals surface area contributed by atoms with Crippen LogP contribution in [0.3, 0.4) is 0 Å². The Morgan fingerprint density at radius 2 is 1.84 bits per heavy atom. The van der Waals surface area contributed by atoms with Crippen LogP contribution in [0.15, 0.2) is 24.0 Å². The highest BCUT2D eigenvalue weighted by Gasteiger charge is 2.69. The number of rotatable bonds is 6. The number of aromatic hydroxyl groups is 1. The van der Waals surface area contributed by atoms with Gasteiger partial charge < -0.3 is 44.6 Å². The minimum atomic E-state index is -2.40. The number of hydrogen-bond donors (Lipinski definition) is 5. The van der Waals surface area contributed by atoms with Crippen molar-refractivity contribution in [1.29, 1.82) is 0 Å². The quantitative estimate of drug-likeness (QED) is 0.309. The van der Waals surface area contributed by atoms with Gasteiger partial charge >= 0.3 is 17.9 Å². The van der Waals surface area contributed by atoms with Gasteiger partial charge in [-0.15, -0.1) is 0 Å². The maximum Gasteiger partial charge on any atom is 0.344 e. The number of likely N-dealkylation sites (tertiary alicyclic amines) is 1. The molecule has 12 heteroatoms. The predicted molar refractivity (Wildman–Crippen MR) is 125 cm³/mol. The molecule has 1 aliphatic carbocycles. The van der Waals surface area contributed by atoms with Gasteiger partial charge in [0.1, 0.15) is 5.76 Å². The molecule has 0 unspecified atom stereocenters. The van der Waals surface area contributed by atoms with E-state index in [2.05, 4.69) is 4.74 Å². The second-order valence-electron chi connectivity index (χ2n) is 9.94. The Labute approximate surface area is 212 Å². The number of phenolic OH excluding ortho intramolecular Hbond substituents is 1. The number of aliphatic hydroxyl groups excluding tert-OH is 2. The number of nitrogens with zero attached hydrogens (tertiary/aromatic N) is 1. The maximum atomic E-state index is 12.8. The topological polar surface area (TPSA) is 183 Å². The van der Waals surface area contributed by atoms with Gasteiger partial charge in [-0.25, -0.2) is 14.4 Å². The third-order valence-electron chi connectivity index (χ3n) is 7.97. The largest absolute Gasteiger partial charge is 0.504 e. The molecule has 1 aromatic rings. The van der Waals surface area contributed by atoms with E-state index in [0.29, 0.717) is 18.5 Å². The average Bonchev–Trinajstić information content (AvgIpc) is 3.22. The summed E-state index contributed by atoms with van der Waals surface area (Å²) in [5.41, 5.74) is -1.11. The summed E-state index contributed by atoms with van der Waals surface area (Å²) < 4.78 is 16.1. The minimum Gasteiger partial charge on any atom is -0.504 e. The molecule has 3 aliphatic rings. The molecule has 1 fully saturated rings. The summed E-state index contributed by atoms with van der Waals surface area (Å²) in [5, 5.41) is 51.9. The third-order valence-corrected chi connectivity index (χ3v) is 7.97. The van der Waals surface area contributed by atoms with E-state index in [9.17, 15) is 34.8 Å². The third kappa shape index (κ3) is 3.95. The zero-order valence-corrected chi connectivity index (χ0v) is 20.9. The lowest BCUT2D eigenvalue weighted by molar-refractivity contribution is -0.181. The van der Waals surface area contributed by atoms with Crippen molar-refractivity contribution in [3.05, 3.63) is 35.1 Å². The molecule has 0 amide bonds. The number of benzene rings is 1. The lowest BCUT2D eigenvalue weighted by Gasteiger charge is -2.58. The van der Waals surface area contributed by atoms with Crippen LogP contribution in [0, 0.1) is 6.92 Å². The van der Waals surface area contributed by atoms with Gasteiger partial charge in [0, 0.05) is 18.0 Å². The summed E-state index contributed by atoms with van der Waals surface area (Å²) in [5.74, 6) is -4.44. The number of hydrogen-bond acceptors (Lipinski definition) is 11. The summed E-state index contributed by atoms with van der Waals surface area (Å²) in [6.45, 7) is 5.31. The molecular weight excluding hydrogens is 490 g/mol. The highest BCUT2D eigenvalue weighted by atomic mass is 16.6. The molecule has 37 heavy (non-hydrogen) atoms. The van der Waals surface area contributed by atoms with Gasteiger partial charge in [-0.2, -0.15) is 0 Å². The number of aliphatic hydroxyl groups is 3. The molecule has 1 aromatic carbocycles. The van der Waals surface area contributed by atoms with Gasteiger partial charge in [0.05, 0.1) is 11.0 Å². The molecule has 0 radical (unpaired) electrons. The molecule has 2 aliphatic heterocycles. The van der Waals surface area contributed by atoms with Crippen molar-refractivity contribution < 1.29 is 54.1 Å². The Kier molecular flexibility index (Phi) is 6.74. The first-order chi connectivity index (χ1) is 17.3. The summed E-state index contributed by atoms with van der Waals surface area (Å²) >= 11 is 0. The predicted octanol–water partition coefficient (Wildman–Crippen LogP) is -0.277. The Bertz CT molecular complexity index is 1170. The van der Waals surface area contributed by atoms with Crippen molar-refractivity contribution in [1.82, 2.24) is 4.90 Å². The van der Waals surface area contributed by atoms with E-state index >= 15 is 0 Å². The number of phenols is 1. The van der Waals surface area contributed by atoms with Crippen LogP contribution in [0.5, 0.6) is 11.5 Å². The van der Waals surface area contributed by atoms with Crippen LogP contribution in [0.25, 0.3) is 0 Å². The number of esters is 2. The van der Waals surface area contributed by atoms with E-state index in [1.807, 2.05) is 25.8 Å². The zero-order valence-electron chi connectivity index (χ0n) is 20.9. The highest BCUT2D eigenvalue weighted by Crippen LogP contribution is 2.62. The fraction of sp³-hybridized carbons (Fsp3) is 0.560. The molecular formula is C25H31NO11. The Morgan fingerprint density at radius 1 is 1.19 bits per heavy atom. The number of aliphatic carboxylic acids is 1. The smallest absolute Gasteiger partial charge is 0.344 e. The summed E-state index contributed by atoms with van der Waals surface area (Å²) in [4.78, 5) is 37.6. The molecule has 7 atom stereocenters. The zero-order chi connectivity index (χ0) is 27.4. The number of carbonyl (C=O) groups is 3. The van der Waals surface area contributed by atoms with Crippen LogP contribution < -0.4 is 4.74 Å². The molecule has 4 rings (SSSR count). The lowest BCUT2D eigenvalue weighted by Crippen LogP contribution is -2.71. The molecule has 202 valence electrons. The Hall–Kier alpha value is -3.19. The molecule has 5 N–H and O–H groups in total. The van der Waals surface area contributed by atoms with Crippen LogP contribution in [0.2, 0.25) is 0 Å². The molecule has 0 saturated carbocycles. The molecule has 12 nitrogen and oxygen atoms in total. The SMILES string of the molecule is Cc1ccc(O)c2c1[C@]13CCN(C)[C@H](C)[C@]1(O)CC=C(OC(=O)[C@H](O)[C@@H](O)C(=O)O[C@@H](C)C(=O)O)[C@@H]3O2. The number of carboxylic acids is 1. The summed E-state index contributed by atoms with van der Waals surface area (Å²) in [6, 6.07) is 2.84. The fourth-order valence-electron chi connectivity index (χ4n) is 5.73. The number of carbonyl (C=O) groups excluding carboxylic acids is 2. The molecule has 1 spiro atoms. The van der Waals surface area contributed by atoms with Crippen LogP contribution in [-0.4, -0.2) is 98.0 Å². The summed E-state index contributed by atoms with van der Waals surface area (Å²) in [7, 11) is 1.89. The van der Waals surface area contributed by atoms with E-state index in [1.165, 1.54) is 12.1 Å². The normalized spacial score (nSPS) is 30.9. The van der Waals surface area contributed by atoms with Gasteiger partial charge in [0.15, 0.2) is 35.9 Å². The van der Waals surface area contributed by atoms with E-state index in [4.69, 9.17) is 14.6 Å². The van der Waals surface area contributed by atoms with Crippen molar-refractivity contribution in [3.63, 3.8) is 0 Å². The Balaban J connectivity index is 1.66. The van der Waals surface area contributed by atoms with Crippen LogP contribution in [0.1, 0.15) is 37.8 Å². The van der Waals surface area contributed by atoms with Gasteiger partial charge in [0.2, 0.25) is 0 Å². The van der Waals surface area contributed by atoms with Crippen LogP contribution in [-0.2, 0) is 29.3 Å². The van der Waals surface area contributed by atoms with E-state index in [0.717, 1.165) is 12.5 Å². The minimum absolute atomic E-state index is 0.0479. The van der Waals surface area contributed by atoms with Crippen molar-refractivity contribution in [2.45, 2.75) is 75.1 Å². The lowest BCUT2D eigenvalue weighted by atomic mass is 9.54. The van der Waals surface area contributed by atoms with Gasteiger partial charge in [-0.3, -0.25) is 0 Å². The van der Waals surface area contributed by atoms with Crippen molar-refractivity contribution in [3.8, 4) is 11.5 Å². The van der Waals surface area contributed by atoms with Crippen LogP contribution >= 0.6 is 0 Å². The van der Waals surface area contributed by atoms with Crippen molar-refractivity contribution in [2.24, 2.45) is 0 Å². The van der Waals surface area contributed by atoms with Crippen LogP contribution in [0.4, 0.5) is 0 Å². The van der Waals surface area contributed by atoms with Gasteiger partial charge in [0.25, 0.3) is 0 Å². The molecule has 0 bridgehead atoms. The Morgan fingerprint density at radius 3 is 2.49 bits per heavy atom. The first kappa shape index (κ1) is 26.9.